The Kier molecular flexibility index (Phi) is 7.10. The first-order valence-corrected chi connectivity index (χ1v) is 9.93. The van der Waals surface area contributed by atoms with Crippen LogP contribution in [0.2, 0.25) is 0 Å². The van der Waals surface area contributed by atoms with Crippen LogP contribution in [0.4, 0.5) is 0 Å². The van der Waals surface area contributed by atoms with E-state index in [2.05, 4.69) is 27.2 Å². The molecule has 0 aliphatic carbocycles. The molecule has 0 amide bonds. The average molecular weight is 410 g/mol. The molecule has 0 aliphatic rings. The third-order valence-corrected chi connectivity index (χ3v) is 4.93. The summed E-state index contributed by atoms with van der Waals surface area (Å²) in [5.41, 5.74) is 5.82. The summed E-state index contributed by atoms with van der Waals surface area (Å²) in [6.45, 7) is 7.57. The van der Waals surface area contributed by atoms with Crippen molar-refractivity contribution in [1.82, 2.24) is 20.6 Å². The Hall–Kier alpha value is -3.58. The first kappa shape index (κ1) is 22.1. The fourth-order valence-electron chi connectivity index (χ4n) is 3.11. The molecule has 3 rings (SSSR count). The molecule has 0 unspecified atom stereocenters. The van der Waals surface area contributed by atoms with E-state index in [9.17, 15) is 5.11 Å². The predicted molar refractivity (Wildman–Crippen MR) is 130 cm³/mol. The van der Waals surface area contributed by atoms with Crippen molar-refractivity contribution in [1.29, 1.82) is 5.41 Å². The van der Waals surface area contributed by atoms with Crippen LogP contribution in [0.5, 0.6) is 5.75 Å². The van der Waals surface area contributed by atoms with Gasteiger partial charge in [0.25, 0.3) is 0 Å². The number of fused-ring (bicyclic) bond motifs is 1. The first-order chi connectivity index (χ1) is 14.9. The SMILES string of the molecule is [B]=C/C(=C\NCCNC)c1cnc2ccc(C(=C)C(=N)c3cc(O)ccc3C)nc2c1. The van der Waals surface area contributed by atoms with Crippen molar-refractivity contribution in [2.75, 3.05) is 20.1 Å². The molecule has 2 aromatic heterocycles. The van der Waals surface area contributed by atoms with Crippen molar-refractivity contribution < 1.29 is 5.11 Å². The molecule has 3 aromatic rings. The van der Waals surface area contributed by atoms with E-state index in [1.807, 2.05) is 32.3 Å². The zero-order valence-corrected chi connectivity index (χ0v) is 17.7. The van der Waals surface area contributed by atoms with Crippen molar-refractivity contribution in [3.8, 4) is 5.75 Å². The van der Waals surface area contributed by atoms with Crippen LogP contribution in [0.15, 0.2) is 55.4 Å². The number of aromatic nitrogens is 2. The van der Waals surface area contributed by atoms with Crippen molar-refractivity contribution >= 4 is 41.3 Å². The summed E-state index contributed by atoms with van der Waals surface area (Å²) < 4.78 is 0. The molecule has 2 heterocycles. The number of rotatable bonds is 9. The van der Waals surface area contributed by atoms with Crippen LogP contribution in [-0.4, -0.2) is 54.4 Å². The molecule has 155 valence electrons. The molecule has 6 nitrogen and oxygen atoms in total. The standard InChI is InChI=1S/C24H25BN5O/c1-15-4-5-19(31)11-20(15)24(26)16(2)21-6-7-22-23(30-21)10-17(14-29-22)18(12-25)13-28-9-8-27-3/h4-7,10-14,26-28,31H,2,8-9H2,1,3H3/b18-13+,26-24?. The van der Waals surface area contributed by atoms with Gasteiger partial charge >= 0.3 is 172 Å². The maximum atomic E-state index is 9.80. The van der Waals surface area contributed by atoms with E-state index in [-0.39, 0.29) is 11.5 Å². The van der Waals surface area contributed by atoms with Crippen LogP contribution >= 0.6 is 0 Å². The number of aromatic hydroxyl groups is 1. The topological polar surface area (TPSA) is 93.9 Å². The van der Waals surface area contributed by atoms with Gasteiger partial charge in [-0.3, -0.25) is 0 Å². The third-order valence-electron chi connectivity index (χ3n) is 4.93. The van der Waals surface area contributed by atoms with Crippen LogP contribution < -0.4 is 10.6 Å². The van der Waals surface area contributed by atoms with Crippen LogP contribution in [0, 0.1) is 12.3 Å². The molecular weight excluding hydrogens is 385 g/mol. The number of hydrogen-bond donors (Lipinski definition) is 4. The van der Waals surface area contributed by atoms with Gasteiger partial charge in [-0.25, -0.2) is 0 Å². The van der Waals surface area contributed by atoms with Crippen LogP contribution in [0.25, 0.3) is 22.2 Å². The summed E-state index contributed by atoms with van der Waals surface area (Å²) in [5.74, 6) is 1.64. The molecule has 0 spiro atoms. The summed E-state index contributed by atoms with van der Waals surface area (Å²) in [4.78, 5) is 9.17. The molecule has 1 aromatic carbocycles. The molecule has 7 heteroatoms. The maximum absolute atomic E-state index is 9.80. The Morgan fingerprint density at radius 3 is 2.74 bits per heavy atom. The predicted octanol–water partition coefficient (Wildman–Crippen LogP) is 2.85. The zero-order valence-electron chi connectivity index (χ0n) is 17.7. The summed E-state index contributed by atoms with van der Waals surface area (Å²) in [5, 5.41) is 24.6. The second kappa shape index (κ2) is 9.95. The summed E-state index contributed by atoms with van der Waals surface area (Å²) in [6, 6.07) is 10.5. The minimum atomic E-state index is 0.110. The van der Waals surface area contributed by atoms with Crippen molar-refractivity contribution in [2.24, 2.45) is 0 Å². The Labute approximate surface area is 183 Å². The number of benzene rings is 1. The third kappa shape index (κ3) is 5.13. The molecule has 0 aliphatic heterocycles. The van der Waals surface area contributed by atoms with E-state index < -0.39 is 0 Å². The summed E-state index contributed by atoms with van der Waals surface area (Å²) in [6.07, 6.45) is 3.61. The van der Waals surface area contributed by atoms with E-state index in [4.69, 9.17) is 12.9 Å². The van der Waals surface area contributed by atoms with E-state index in [0.29, 0.717) is 22.3 Å². The number of nitrogens with one attached hydrogen (secondary N) is 3. The monoisotopic (exact) mass is 410 g/mol. The Morgan fingerprint density at radius 1 is 1.19 bits per heavy atom. The number of allylic oxidation sites excluding steroid dienone is 2. The summed E-state index contributed by atoms with van der Waals surface area (Å²) >= 11 is 0. The van der Waals surface area contributed by atoms with Crippen molar-refractivity contribution in [2.45, 2.75) is 6.92 Å². The van der Waals surface area contributed by atoms with Crippen LogP contribution in [0.3, 0.4) is 0 Å². The number of likely N-dealkylation sites (N-methyl/N-ethyl adjacent to an activating group) is 1. The second-order valence-corrected chi connectivity index (χ2v) is 7.14. The van der Waals surface area contributed by atoms with E-state index in [1.54, 1.807) is 30.5 Å². The fraction of sp³-hybridized carbons (Fsp3) is 0.167. The Balaban J connectivity index is 1.92. The molecule has 31 heavy (non-hydrogen) atoms. The van der Waals surface area contributed by atoms with Crippen molar-refractivity contribution in [3.05, 3.63) is 77.8 Å². The average Bonchev–Trinajstić information content (AvgIpc) is 2.79. The number of phenolic OH excluding ortho intramolecular Hbond substituents is 1. The van der Waals surface area contributed by atoms with Gasteiger partial charge in [0.2, 0.25) is 0 Å². The van der Waals surface area contributed by atoms with Gasteiger partial charge in [-0.05, 0) is 6.07 Å². The number of phenols is 1. The van der Waals surface area contributed by atoms with Gasteiger partial charge in [-0.15, -0.1) is 0 Å². The first-order valence-electron chi connectivity index (χ1n) is 9.93. The number of aryl methyl sites for hydroxylation is 1. The van der Waals surface area contributed by atoms with Gasteiger partial charge in [-0.1, -0.05) is 0 Å². The molecule has 0 atom stereocenters. The molecule has 0 fully saturated rings. The minimum absolute atomic E-state index is 0.110. The molecule has 0 saturated carbocycles. The van der Waals surface area contributed by atoms with Gasteiger partial charge < -0.3 is 5.11 Å². The zero-order chi connectivity index (χ0) is 22.4. The molecule has 1 radical (unpaired) electrons. The van der Waals surface area contributed by atoms with Crippen LogP contribution in [0.1, 0.15) is 22.4 Å². The molecule has 0 saturated heterocycles. The summed E-state index contributed by atoms with van der Waals surface area (Å²) in [7, 11) is 7.71. The van der Waals surface area contributed by atoms with Crippen molar-refractivity contribution in [3.63, 3.8) is 0 Å². The van der Waals surface area contributed by atoms with E-state index in [1.165, 1.54) is 5.97 Å². The van der Waals surface area contributed by atoms with E-state index in [0.717, 1.165) is 35.3 Å². The van der Waals surface area contributed by atoms with Gasteiger partial charge in [0.1, 0.15) is 0 Å². The molecule has 0 bridgehead atoms. The quantitative estimate of drug-likeness (QED) is 0.247. The van der Waals surface area contributed by atoms with Gasteiger partial charge in [0, 0.05) is 0 Å². The number of pyridine rings is 2. The van der Waals surface area contributed by atoms with Gasteiger partial charge in [-0.2, -0.15) is 0 Å². The molecular formula is C24H25BN5O. The Morgan fingerprint density at radius 2 is 2.00 bits per heavy atom. The fourth-order valence-corrected chi connectivity index (χ4v) is 3.11. The number of hydrogen-bond acceptors (Lipinski definition) is 6. The van der Waals surface area contributed by atoms with Crippen LogP contribution in [-0.2, 0) is 0 Å². The van der Waals surface area contributed by atoms with Gasteiger partial charge in [0.15, 0.2) is 0 Å². The van der Waals surface area contributed by atoms with Gasteiger partial charge in [0.05, 0.1) is 0 Å². The molecule has 4 N–H and O–H groups in total. The second-order valence-electron chi connectivity index (χ2n) is 7.14. The Bertz CT molecular complexity index is 1190. The normalized spacial score (nSPS) is 11.3. The number of nitrogens with zero attached hydrogens (tertiary/aromatic N) is 2. The van der Waals surface area contributed by atoms with E-state index >= 15 is 0 Å².